The Morgan fingerprint density at radius 1 is 1.50 bits per heavy atom. The van der Waals surface area contributed by atoms with Crippen LogP contribution in [0.3, 0.4) is 0 Å². The van der Waals surface area contributed by atoms with Crippen molar-refractivity contribution in [3.63, 3.8) is 0 Å². The molecule has 0 saturated heterocycles. The van der Waals surface area contributed by atoms with Crippen LogP contribution in [0.25, 0.3) is 0 Å². The quantitative estimate of drug-likeness (QED) is 0.735. The summed E-state index contributed by atoms with van der Waals surface area (Å²) in [7, 11) is 0. The van der Waals surface area contributed by atoms with Crippen LogP contribution < -0.4 is 11.1 Å². The second-order valence-electron chi connectivity index (χ2n) is 3.20. The Kier molecular flexibility index (Phi) is 5.11. The fraction of sp³-hybridized carbons (Fsp3) is 0.400. The fourth-order valence-electron chi connectivity index (χ4n) is 1.11. The lowest BCUT2D eigenvalue weighted by molar-refractivity contribution is 0.262. The van der Waals surface area contributed by atoms with Gasteiger partial charge >= 0.3 is 0 Å². The number of rotatable bonds is 5. The summed E-state index contributed by atoms with van der Waals surface area (Å²) in [5, 5.41) is 11.9. The molecule has 0 heterocycles. The van der Waals surface area contributed by atoms with Crippen molar-refractivity contribution in [2.75, 3.05) is 13.2 Å². The molecule has 0 aliphatic carbocycles. The Balaban J connectivity index is 2.31. The first-order valence-electron chi connectivity index (χ1n) is 4.54. The first-order valence-corrected chi connectivity index (χ1v) is 5.33. The first kappa shape index (κ1) is 11.7. The molecule has 1 unspecified atom stereocenters. The molecule has 1 aromatic carbocycles. The maximum atomic E-state index is 8.70. The van der Waals surface area contributed by atoms with E-state index in [4.69, 9.17) is 10.8 Å². The van der Waals surface area contributed by atoms with E-state index in [1.807, 2.05) is 18.2 Å². The van der Waals surface area contributed by atoms with Gasteiger partial charge in [0.2, 0.25) is 0 Å². The van der Waals surface area contributed by atoms with E-state index in [1.54, 1.807) is 0 Å². The highest BCUT2D eigenvalue weighted by molar-refractivity contribution is 9.10. The maximum Gasteiger partial charge on any atom is 0.0594 e. The van der Waals surface area contributed by atoms with Crippen LogP contribution in [0.15, 0.2) is 28.7 Å². The van der Waals surface area contributed by atoms with E-state index in [0.29, 0.717) is 6.54 Å². The molecular formula is C10H15BrN2O. The van der Waals surface area contributed by atoms with Crippen molar-refractivity contribution in [2.45, 2.75) is 12.6 Å². The minimum Gasteiger partial charge on any atom is -0.395 e. The Labute approximate surface area is 92.4 Å². The molecule has 1 aromatic rings. The Hall–Kier alpha value is -0.420. The molecule has 0 fully saturated rings. The standard InChI is InChI=1S/C10H15BrN2O/c11-9-3-1-2-8(4-9)5-13-6-10(12)7-14/h1-4,10,13-14H,5-7,12H2. The van der Waals surface area contributed by atoms with Gasteiger partial charge in [0.25, 0.3) is 0 Å². The van der Waals surface area contributed by atoms with Crippen molar-refractivity contribution >= 4 is 15.9 Å². The average Bonchev–Trinajstić information content (AvgIpc) is 2.17. The molecule has 78 valence electrons. The molecule has 0 saturated carbocycles. The maximum absolute atomic E-state index is 8.70. The van der Waals surface area contributed by atoms with Gasteiger partial charge in [-0.2, -0.15) is 0 Å². The summed E-state index contributed by atoms with van der Waals surface area (Å²) in [5.74, 6) is 0. The smallest absolute Gasteiger partial charge is 0.0594 e. The summed E-state index contributed by atoms with van der Waals surface area (Å²) >= 11 is 3.40. The van der Waals surface area contributed by atoms with E-state index in [9.17, 15) is 0 Å². The Morgan fingerprint density at radius 2 is 2.29 bits per heavy atom. The van der Waals surface area contributed by atoms with E-state index in [-0.39, 0.29) is 12.6 Å². The highest BCUT2D eigenvalue weighted by atomic mass is 79.9. The topological polar surface area (TPSA) is 58.3 Å². The molecule has 1 atom stereocenters. The molecule has 3 nitrogen and oxygen atoms in total. The van der Waals surface area contributed by atoms with Gasteiger partial charge in [-0.15, -0.1) is 0 Å². The van der Waals surface area contributed by atoms with Crippen molar-refractivity contribution in [1.29, 1.82) is 0 Å². The highest BCUT2D eigenvalue weighted by Crippen LogP contribution is 2.11. The molecule has 1 rings (SSSR count). The number of halogens is 1. The number of nitrogens with one attached hydrogen (secondary N) is 1. The zero-order valence-electron chi connectivity index (χ0n) is 7.91. The Bertz CT molecular complexity index is 281. The number of aliphatic hydroxyl groups excluding tert-OH is 1. The molecule has 0 bridgehead atoms. The third-order valence-electron chi connectivity index (χ3n) is 1.86. The second-order valence-corrected chi connectivity index (χ2v) is 4.12. The van der Waals surface area contributed by atoms with Crippen molar-refractivity contribution in [3.8, 4) is 0 Å². The lowest BCUT2D eigenvalue weighted by Gasteiger charge is -2.09. The molecule has 0 spiro atoms. The molecule has 0 amide bonds. The van der Waals surface area contributed by atoms with Crippen LogP contribution in [0.2, 0.25) is 0 Å². The van der Waals surface area contributed by atoms with Gasteiger partial charge in [0, 0.05) is 23.6 Å². The third kappa shape index (κ3) is 4.19. The van der Waals surface area contributed by atoms with Crippen LogP contribution in [0, 0.1) is 0 Å². The van der Waals surface area contributed by atoms with Gasteiger partial charge in [-0.05, 0) is 17.7 Å². The van der Waals surface area contributed by atoms with Crippen LogP contribution in [-0.4, -0.2) is 24.3 Å². The van der Waals surface area contributed by atoms with Crippen molar-refractivity contribution < 1.29 is 5.11 Å². The highest BCUT2D eigenvalue weighted by Gasteiger charge is 1.99. The number of hydrogen-bond acceptors (Lipinski definition) is 3. The normalized spacial score (nSPS) is 12.8. The molecule has 0 aromatic heterocycles. The molecule has 0 aliphatic heterocycles. The van der Waals surface area contributed by atoms with Gasteiger partial charge in [0.05, 0.1) is 6.61 Å². The van der Waals surface area contributed by atoms with Crippen molar-refractivity contribution in [3.05, 3.63) is 34.3 Å². The number of aliphatic hydroxyl groups is 1. The van der Waals surface area contributed by atoms with Gasteiger partial charge < -0.3 is 16.2 Å². The van der Waals surface area contributed by atoms with Crippen LogP contribution in [0.1, 0.15) is 5.56 Å². The van der Waals surface area contributed by atoms with Gasteiger partial charge in [-0.25, -0.2) is 0 Å². The molecule has 0 aliphatic rings. The molecule has 0 radical (unpaired) electrons. The summed E-state index contributed by atoms with van der Waals surface area (Å²) < 4.78 is 1.07. The second kappa shape index (κ2) is 6.14. The van der Waals surface area contributed by atoms with Gasteiger partial charge in [-0.3, -0.25) is 0 Å². The zero-order chi connectivity index (χ0) is 10.4. The lowest BCUT2D eigenvalue weighted by Crippen LogP contribution is -2.36. The van der Waals surface area contributed by atoms with Crippen LogP contribution in [-0.2, 0) is 6.54 Å². The van der Waals surface area contributed by atoms with E-state index >= 15 is 0 Å². The molecular weight excluding hydrogens is 244 g/mol. The summed E-state index contributed by atoms with van der Waals surface area (Å²) in [6.45, 7) is 1.42. The molecule has 4 heteroatoms. The predicted octanol–water partition coefficient (Wildman–Crippen LogP) is 0.858. The first-order chi connectivity index (χ1) is 6.72. The van der Waals surface area contributed by atoms with Gasteiger partial charge in [0.1, 0.15) is 0 Å². The Morgan fingerprint density at radius 3 is 2.93 bits per heavy atom. The van der Waals surface area contributed by atoms with Crippen LogP contribution >= 0.6 is 15.9 Å². The van der Waals surface area contributed by atoms with Gasteiger partial charge in [-0.1, -0.05) is 28.1 Å². The summed E-state index contributed by atoms with van der Waals surface area (Å²) in [4.78, 5) is 0. The molecule has 14 heavy (non-hydrogen) atoms. The minimum atomic E-state index is -0.179. The number of nitrogens with two attached hydrogens (primary N) is 1. The van der Waals surface area contributed by atoms with Gasteiger partial charge in [0.15, 0.2) is 0 Å². The monoisotopic (exact) mass is 258 g/mol. The van der Waals surface area contributed by atoms with Crippen molar-refractivity contribution in [1.82, 2.24) is 5.32 Å². The van der Waals surface area contributed by atoms with Crippen molar-refractivity contribution in [2.24, 2.45) is 5.73 Å². The number of benzene rings is 1. The summed E-state index contributed by atoms with van der Waals surface area (Å²) in [5.41, 5.74) is 6.74. The largest absolute Gasteiger partial charge is 0.395 e. The summed E-state index contributed by atoms with van der Waals surface area (Å²) in [6.07, 6.45) is 0. The van der Waals surface area contributed by atoms with E-state index in [0.717, 1.165) is 11.0 Å². The molecule has 4 N–H and O–H groups in total. The zero-order valence-corrected chi connectivity index (χ0v) is 9.50. The van der Waals surface area contributed by atoms with E-state index in [2.05, 4.69) is 27.3 Å². The lowest BCUT2D eigenvalue weighted by atomic mass is 10.2. The van der Waals surface area contributed by atoms with Crippen LogP contribution in [0.5, 0.6) is 0 Å². The third-order valence-corrected chi connectivity index (χ3v) is 2.35. The summed E-state index contributed by atoms with van der Waals surface area (Å²) in [6, 6.07) is 7.90. The SMILES string of the molecule is NC(CO)CNCc1cccc(Br)c1. The van der Waals surface area contributed by atoms with E-state index in [1.165, 1.54) is 5.56 Å². The predicted molar refractivity (Wildman–Crippen MR) is 60.9 cm³/mol. The van der Waals surface area contributed by atoms with Crippen LogP contribution in [0.4, 0.5) is 0 Å². The van der Waals surface area contributed by atoms with E-state index < -0.39 is 0 Å². The number of hydrogen-bond donors (Lipinski definition) is 3. The fourth-order valence-corrected chi connectivity index (χ4v) is 1.56. The average molecular weight is 259 g/mol. The minimum absolute atomic E-state index is 0.0193.